The highest BCUT2D eigenvalue weighted by atomic mass is 16.5. The van der Waals surface area contributed by atoms with Crippen LogP contribution >= 0.6 is 0 Å². The number of hydrogen-bond donors (Lipinski definition) is 0. The van der Waals surface area contributed by atoms with Crippen molar-refractivity contribution in [1.82, 2.24) is 0 Å². The minimum Gasteiger partial charge on any atom is -0.494 e. The van der Waals surface area contributed by atoms with Gasteiger partial charge in [0, 0.05) is 0 Å². The van der Waals surface area contributed by atoms with Crippen LogP contribution in [0, 0.1) is 5.92 Å². The zero-order chi connectivity index (χ0) is 18.6. The molecule has 1 aliphatic rings. The third-order valence-electron chi connectivity index (χ3n) is 5.83. The first kappa shape index (κ1) is 21.1. The Kier molecular flexibility index (Phi) is 9.89. The molecule has 146 valence electrons. The molecule has 0 heterocycles. The lowest BCUT2D eigenvalue weighted by molar-refractivity contribution is 0.309. The normalized spacial score (nSPS) is 15.8. The number of unbranched alkanes of at least 4 members (excludes halogenated alkanes) is 1. The molecule has 0 aliphatic heterocycles. The molecule has 0 amide bonds. The topological polar surface area (TPSA) is 9.23 Å². The van der Waals surface area contributed by atoms with Gasteiger partial charge >= 0.3 is 0 Å². The summed E-state index contributed by atoms with van der Waals surface area (Å²) in [5.41, 5.74) is 3.23. The summed E-state index contributed by atoms with van der Waals surface area (Å²) in [4.78, 5) is 0. The van der Waals surface area contributed by atoms with Crippen LogP contribution in [0.2, 0.25) is 0 Å². The predicted octanol–water partition coefficient (Wildman–Crippen LogP) is 8.06. The first-order valence-electron chi connectivity index (χ1n) is 11.2. The molecule has 0 fully saturated rings. The highest BCUT2D eigenvalue weighted by Crippen LogP contribution is 2.39. The van der Waals surface area contributed by atoms with Gasteiger partial charge in [0.15, 0.2) is 0 Å². The SMILES string of the molecule is CCCCOc1ccc(C(CC2=CCCCC2)C(CCC)CCC)cc1. The summed E-state index contributed by atoms with van der Waals surface area (Å²) in [7, 11) is 0. The Morgan fingerprint density at radius 2 is 1.65 bits per heavy atom. The molecule has 1 nitrogen and oxygen atoms in total. The Hall–Kier alpha value is -1.24. The number of allylic oxidation sites excluding steroid dienone is 2. The maximum absolute atomic E-state index is 5.88. The van der Waals surface area contributed by atoms with Crippen LogP contribution in [-0.4, -0.2) is 6.61 Å². The van der Waals surface area contributed by atoms with E-state index >= 15 is 0 Å². The molecule has 26 heavy (non-hydrogen) atoms. The molecule has 1 aliphatic carbocycles. The molecule has 1 heteroatoms. The molecule has 0 saturated carbocycles. The summed E-state index contributed by atoms with van der Waals surface area (Å²) in [6.45, 7) is 7.72. The van der Waals surface area contributed by atoms with Crippen molar-refractivity contribution >= 4 is 0 Å². The number of hydrogen-bond acceptors (Lipinski definition) is 1. The smallest absolute Gasteiger partial charge is 0.119 e. The fraction of sp³-hybridized carbons (Fsp3) is 0.680. The van der Waals surface area contributed by atoms with Gasteiger partial charge in [-0.25, -0.2) is 0 Å². The van der Waals surface area contributed by atoms with Crippen molar-refractivity contribution in [2.45, 2.75) is 97.3 Å². The lowest BCUT2D eigenvalue weighted by Gasteiger charge is -2.29. The maximum atomic E-state index is 5.88. The van der Waals surface area contributed by atoms with Gasteiger partial charge in [-0.1, -0.05) is 76.7 Å². The molecule has 1 unspecified atom stereocenters. The third-order valence-corrected chi connectivity index (χ3v) is 5.83. The summed E-state index contributed by atoms with van der Waals surface area (Å²) in [5.74, 6) is 2.50. The van der Waals surface area contributed by atoms with Crippen LogP contribution < -0.4 is 4.74 Å². The molecular weight excluding hydrogens is 316 g/mol. The number of benzene rings is 1. The van der Waals surface area contributed by atoms with Crippen molar-refractivity contribution in [1.29, 1.82) is 0 Å². The first-order chi connectivity index (χ1) is 12.8. The molecule has 0 N–H and O–H groups in total. The summed E-state index contributed by atoms with van der Waals surface area (Å²) in [6.07, 6.45) is 16.8. The van der Waals surface area contributed by atoms with E-state index < -0.39 is 0 Å². The van der Waals surface area contributed by atoms with Crippen LogP contribution in [-0.2, 0) is 0 Å². The van der Waals surface area contributed by atoms with E-state index in [1.807, 2.05) is 0 Å². The quantitative estimate of drug-likeness (QED) is 0.272. The van der Waals surface area contributed by atoms with Crippen molar-refractivity contribution in [3.8, 4) is 5.75 Å². The third kappa shape index (κ3) is 6.82. The van der Waals surface area contributed by atoms with Gasteiger partial charge in [0.25, 0.3) is 0 Å². The molecule has 0 bridgehead atoms. The number of rotatable bonds is 12. The van der Waals surface area contributed by atoms with E-state index in [-0.39, 0.29) is 0 Å². The van der Waals surface area contributed by atoms with Gasteiger partial charge in [-0.05, 0) is 68.1 Å². The van der Waals surface area contributed by atoms with Gasteiger partial charge < -0.3 is 4.74 Å². The molecule has 1 aromatic rings. The minimum absolute atomic E-state index is 0.670. The second kappa shape index (κ2) is 12.2. The summed E-state index contributed by atoms with van der Waals surface area (Å²) < 4.78 is 5.88. The van der Waals surface area contributed by atoms with Gasteiger partial charge in [-0.3, -0.25) is 0 Å². The fourth-order valence-corrected chi connectivity index (χ4v) is 4.36. The first-order valence-corrected chi connectivity index (χ1v) is 11.2. The van der Waals surface area contributed by atoms with Gasteiger partial charge in [0.2, 0.25) is 0 Å². The monoisotopic (exact) mass is 356 g/mol. The second-order valence-corrected chi connectivity index (χ2v) is 8.03. The second-order valence-electron chi connectivity index (χ2n) is 8.03. The lowest BCUT2D eigenvalue weighted by Crippen LogP contribution is -2.15. The minimum atomic E-state index is 0.670. The fourth-order valence-electron chi connectivity index (χ4n) is 4.36. The standard InChI is InChI=1S/C25H40O/c1-4-7-19-26-24-17-15-23(16-18-24)25(22(11-5-2)12-6-3)20-21-13-9-8-10-14-21/h13,15-18,22,25H,4-12,14,19-20H2,1-3H3. The Morgan fingerprint density at radius 3 is 2.23 bits per heavy atom. The molecule has 0 aromatic heterocycles. The van der Waals surface area contributed by atoms with E-state index in [0.717, 1.165) is 24.7 Å². The van der Waals surface area contributed by atoms with Gasteiger partial charge in [0.05, 0.1) is 6.61 Å². The molecule has 0 saturated heterocycles. The zero-order valence-electron chi connectivity index (χ0n) is 17.4. The average Bonchev–Trinajstić information content (AvgIpc) is 2.68. The van der Waals surface area contributed by atoms with Gasteiger partial charge in [0.1, 0.15) is 5.75 Å². The average molecular weight is 357 g/mol. The molecule has 0 radical (unpaired) electrons. The van der Waals surface area contributed by atoms with Crippen LogP contribution in [0.1, 0.15) is 103 Å². The van der Waals surface area contributed by atoms with E-state index in [9.17, 15) is 0 Å². The molecule has 1 aromatic carbocycles. The molecule has 1 atom stereocenters. The molecule has 2 rings (SSSR count). The molecule has 0 spiro atoms. The maximum Gasteiger partial charge on any atom is 0.119 e. The summed E-state index contributed by atoms with van der Waals surface area (Å²) in [6, 6.07) is 9.08. The largest absolute Gasteiger partial charge is 0.494 e. The van der Waals surface area contributed by atoms with E-state index in [1.165, 1.54) is 69.8 Å². The Labute approximate surface area is 162 Å². The van der Waals surface area contributed by atoms with Crippen molar-refractivity contribution in [3.05, 3.63) is 41.5 Å². The van der Waals surface area contributed by atoms with Crippen molar-refractivity contribution in [3.63, 3.8) is 0 Å². The van der Waals surface area contributed by atoms with E-state index in [0.29, 0.717) is 5.92 Å². The zero-order valence-corrected chi connectivity index (χ0v) is 17.4. The number of ether oxygens (including phenoxy) is 1. The van der Waals surface area contributed by atoms with Crippen molar-refractivity contribution in [2.24, 2.45) is 5.92 Å². The molecular formula is C25H40O. The van der Waals surface area contributed by atoms with Crippen LogP contribution in [0.5, 0.6) is 5.75 Å². The Balaban J connectivity index is 2.13. The van der Waals surface area contributed by atoms with E-state index in [4.69, 9.17) is 4.74 Å². The van der Waals surface area contributed by atoms with E-state index in [2.05, 4.69) is 51.1 Å². The summed E-state index contributed by atoms with van der Waals surface area (Å²) >= 11 is 0. The van der Waals surface area contributed by atoms with Crippen molar-refractivity contribution in [2.75, 3.05) is 6.61 Å². The Morgan fingerprint density at radius 1 is 0.923 bits per heavy atom. The van der Waals surface area contributed by atoms with Gasteiger partial charge in [-0.15, -0.1) is 0 Å². The van der Waals surface area contributed by atoms with Crippen LogP contribution in [0.4, 0.5) is 0 Å². The van der Waals surface area contributed by atoms with Crippen LogP contribution in [0.3, 0.4) is 0 Å². The van der Waals surface area contributed by atoms with Crippen molar-refractivity contribution < 1.29 is 4.74 Å². The predicted molar refractivity (Wildman–Crippen MR) is 114 cm³/mol. The Bertz CT molecular complexity index is 507. The summed E-state index contributed by atoms with van der Waals surface area (Å²) in [5, 5.41) is 0. The highest BCUT2D eigenvalue weighted by molar-refractivity contribution is 5.31. The van der Waals surface area contributed by atoms with Crippen LogP contribution in [0.25, 0.3) is 0 Å². The highest BCUT2D eigenvalue weighted by Gasteiger charge is 2.23. The lowest BCUT2D eigenvalue weighted by atomic mass is 9.76. The van der Waals surface area contributed by atoms with E-state index in [1.54, 1.807) is 5.57 Å². The van der Waals surface area contributed by atoms with Gasteiger partial charge in [-0.2, -0.15) is 0 Å². The van der Waals surface area contributed by atoms with Crippen LogP contribution in [0.15, 0.2) is 35.9 Å².